The van der Waals surface area contributed by atoms with Crippen LogP contribution in [0.2, 0.25) is 0 Å². The predicted molar refractivity (Wildman–Crippen MR) is 352 cm³/mol. The summed E-state index contributed by atoms with van der Waals surface area (Å²) in [7, 11) is -4.80. The molecule has 84 heavy (non-hydrogen) atoms. The van der Waals surface area contributed by atoms with E-state index in [1.165, 1.54) is 83.5 Å². The van der Waals surface area contributed by atoms with E-state index in [1.54, 1.807) is 0 Å². The maximum absolute atomic E-state index is 13.0. The molecule has 0 aromatic heterocycles. The molecule has 3 atom stereocenters. The van der Waals surface area contributed by atoms with Gasteiger partial charge in [0.1, 0.15) is 12.7 Å². The highest BCUT2D eigenvalue weighted by molar-refractivity contribution is 7.47. The maximum Gasteiger partial charge on any atom is 0.472 e. The van der Waals surface area contributed by atoms with Crippen molar-refractivity contribution in [3.05, 3.63) is 158 Å². The summed E-state index contributed by atoms with van der Waals surface area (Å²) < 4.78 is 39.5. The highest BCUT2D eigenvalue weighted by atomic mass is 31.2. The maximum atomic E-state index is 13.0. The van der Waals surface area contributed by atoms with E-state index in [1.807, 2.05) is 24.3 Å². The fourth-order valence-electron chi connectivity index (χ4n) is 8.11. The fourth-order valence-corrected chi connectivity index (χ4v) is 8.89. The fraction of sp³-hybridized carbons (Fsp3) is 0.597. The first-order valence-electron chi connectivity index (χ1n) is 32.4. The molecule has 0 radical (unpaired) electrons. The highest BCUT2D eigenvalue weighted by Gasteiger charge is 2.28. The van der Waals surface area contributed by atoms with Gasteiger partial charge in [0.2, 0.25) is 0 Å². The van der Waals surface area contributed by atoms with Gasteiger partial charge in [-0.15, -0.1) is 0 Å². The van der Waals surface area contributed by atoms with Gasteiger partial charge in [0.15, 0.2) is 6.10 Å². The van der Waals surface area contributed by atoms with Crippen LogP contribution in [0.4, 0.5) is 0 Å². The molecule has 11 nitrogen and oxygen atoms in total. The smallest absolute Gasteiger partial charge is 0.462 e. The first-order valence-corrected chi connectivity index (χ1v) is 33.9. The predicted octanol–water partition coefficient (Wildman–Crippen LogP) is 20.0. The van der Waals surface area contributed by atoms with Crippen molar-refractivity contribution in [1.82, 2.24) is 0 Å². The summed E-state index contributed by atoms with van der Waals surface area (Å²) in [5.41, 5.74) is 0. The van der Waals surface area contributed by atoms with Crippen LogP contribution in [-0.2, 0) is 42.2 Å². The summed E-state index contributed by atoms with van der Waals surface area (Å²) in [6.45, 7) is 4.25. The molecule has 474 valence electrons. The topological polar surface area (TPSA) is 155 Å². The molecule has 0 aromatic rings. The minimum Gasteiger partial charge on any atom is -0.462 e. The van der Waals surface area contributed by atoms with Crippen LogP contribution < -0.4 is 0 Å². The zero-order chi connectivity index (χ0) is 61.2. The quantitative estimate of drug-likeness (QED) is 0.0197. The van der Waals surface area contributed by atoms with Gasteiger partial charge < -0.3 is 24.2 Å². The van der Waals surface area contributed by atoms with Crippen molar-refractivity contribution in [2.24, 2.45) is 0 Å². The van der Waals surface area contributed by atoms with Crippen molar-refractivity contribution >= 4 is 25.7 Å². The highest BCUT2D eigenvalue weighted by Crippen LogP contribution is 2.43. The van der Waals surface area contributed by atoms with Crippen LogP contribution in [-0.4, -0.2) is 66.5 Å². The van der Waals surface area contributed by atoms with E-state index in [0.717, 1.165) is 89.9 Å². The van der Waals surface area contributed by atoms with Crippen molar-refractivity contribution in [1.29, 1.82) is 0 Å². The summed E-state index contributed by atoms with van der Waals surface area (Å²) >= 11 is 0. The molecular formula is C72H115O11P. The largest absolute Gasteiger partial charge is 0.472 e. The molecule has 0 bridgehead atoms. The number of aliphatic hydroxyl groups excluding tert-OH is 1. The summed E-state index contributed by atoms with van der Waals surface area (Å²) in [4.78, 5) is 48.7. The van der Waals surface area contributed by atoms with Gasteiger partial charge in [0, 0.05) is 19.3 Å². The minimum absolute atomic E-state index is 0.0178. The van der Waals surface area contributed by atoms with Crippen molar-refractivity contribution in [3.63, 3.8) is 0 Å². The molecule has 0 saturated carbocycles. The normalized spacial score (nSPS) is 14.3. The molecule has 0 amide bonds. The van der Waals surface area contributed by atoms with Crippen LogP contribution in [0.5, 0.6) is 0 Å². The number of carbonyl (C=O) groups is 3. The molecule has 0 rings (SSSR count). The molecule has 0 aromatic carbocycles. The number of hydrogen-bond acceptors (Lipinski definition) is 10. The van der Waals surface area contributed by atoms with Crippen molar-refractivity contribution < 1.29 is 52.2 Å². The molecule has 0 fully saturated rings. The third-order valence-corrected chi connectivity index (χ3v) is 13.9. The Bertz CT molecular complexity index is 2020. The number of aliphatic hydroxyl groups is 1. The van der Waals surface area contributed by atoms with Gasteiger partial charge in [0.25, 0.3) is 0 Å². The number of unbranched alkanes of at least 4 members (excludes halogenated alkanes) is 15. The number of phosphoric ester groups is 1. The molecular weight excluding hydrogens is 1070 g/mol. The monoisotopic (exact) mass is 1190 g/mol. The van der Waals surface area contributed by atoms with Crippen LogP contribution >= 0.6 is 7.82 Å². The summed E-state index contributed by atoms with van der Waals surface area (Å²) in [6.07, 6.45) is 85.1. The van der Waals surface area contributed by atoms with E-state index >= 15 is 0 Å². The van der Waals surface area contributed by atoms with E-state index in [4.69, 9.17) is 23.3 Å². The van der Waals surface area contributed by atoms with Gasteiger partial charge in [0.05, 0.1) is 19.8 Å². The third-order valence-electron chi connectivity index (χ3n) is 12.9. The Morgan fingerprint density at radius 2 is 0.643 bits per heavy atom. The molecule has 2 N–H and O–H groups in total. The number of esters is 3. The number of ether oxygens (including phenoxy) is 3. The number of phosphoric acid groups is 1. The van der Waals surface area contributed by atoms with Crippen molar-refractivity contribution in [2.45, 2.75) is 251 Å². The molecule has 0 aliphatic heterocycles. The Labute approximate surface area is 511 Å². The second kappa shape index (κ2) is 64.1. The van der Waals surface area contributed by atoms with Crippen LogP contribution in [0, 0.1) is 0 Å². The molecule has 0 spiro atoms. The van der Waals surface area contributed by atoms with Gasteiger partial charge in [-0.05, 0) is 122 Å². The Morgan fingerprint density at radius 3 is 1.02 bits per heavy atom. The number of carbonyl (C=O) groups excluding carboxylic acids is 3. The van der Waals surface area contributed by atoms with E-state index in [9.17, 15) is 28.9 Å². The molecule has 0 saturated heterocycles. The minimum atomic E-state index is -4.80. The van der Waals surface area contributed by atoms with Gasteiger partial charge in [-0.25, -0.2) is 4.57 Å². The second-order valence-electron chi connectivity index (χ2n) is 20.8. The summed E-state index contributed by atoms with van der Waals surface area (Å²) in [6, 6.07) is 0. The van der Waals surface area contributed by atoms with Crippen molar-refractivity contribution in [3.8, 4) is 0 Å². The van der Waals surface area contributed by atoms with Crippen LogP contribution in [0.15, 0.2) is 158 Å². The zero-order valence-electron chi connectivity index (χ0n) is 52.6. The SMILES string of the molecule is CC/C=C\C/C=C\C/C=C\C/C=C\C/C=C\C/C=C\CCC(=O)OCC(COP(=O)(O)OCC(CO)OC(=O)CCCCCCCCCCC/C=C\CCCCCCCC)OC(=O)CC/C=C\C/C=C\C/C=C\C/C=C\C/C=C\C/C=C\CC. The molecule has 0 heterocycles. The Morgan fingerprint density at radius 1 is 0.345 bits per heavy atom. The lowest BCUT2D eigenvalue weighted by atomic mass is 10.1. The Balaban J connectivity index is 4.90. The standard InChI is InChI=1S/C72H115O11P/c1-4-7-10-13-16-19-22-25-28-31-34-37-40-43-46-49-52-55-58-61-70(74)79-65-69(83-72(76)63-60-57-54-51-48-45-42-39-36-33-30-27-24-21-18-15-12-9-6-3)67-81-84(77,78)80-66-68(64-73)82-71(75)62-59-56-53-50-47-44-41-38-35-32-29-26-23-20-17-14-11-8-5-2/h7,9-10,12,16,18-19,21,25-30,34,36-37,39,43,45-46,48,52,54-55,57,68-69,73H,4-6,8,11,13-15,17,20,22-24,31-33,35,38,40-42,44,47,49-51,53,56,58-67H2,1-3H3,(H,77,78)/b10-7-,12-9-,19-16-,21-18-,28-25-,29-26-,30-27-,37-34-,39-36-,46-43-,48-45-,55-52-,57-54-. The van der Waals surface area contributed by atoms with Crippen molar-refractivity contribution in [2.75, 3.05) is 26.4 Å². The van der Waals surface area contributed by atoms with E-state index in [-0.39, 0.29) is 19.3 Å². The van der Waals surface area contributed by atoms with E-state index in [2.05, 4.69) is 154 Å². The Hall–Kier alpha value is -4.90. The molecule has 12 heteroatoms. The molecule has 3 unspecified atom stereocenters. The van der Waals surface area contributed by atoms with Crippen LogP contribution in [0.1, 0.15) is 239 Å². The van der Waals surface area contributed by atoms with Gasteiger partial charge >= 0.3 is 25.7 Å². The van der Waals surface area contributed by atoms with E-state index in [0.29, 0.717) is 25.7 Å². The average molecular weight is 1190 g/mol. The first kappa shape index (κ1) is 79.1. The lowest BCUT2D eigenvalue weighted by molar-refractivity contribution is -0.161. The number of hydrogen-bond donors (Lipinski definition) is 2. The summed E-state index contributed by atoms with van der Waals surface area (Å²) in [5.74, 6) is -1.69. The average Bonchev–Trinajstić information content (AvgIpc) is 3.55. The number of rotatable bonds is 58. The summed E-state index contributed by atoms with van der Waals surface area (Å²) in [5, 5.41) is 9.86. The first-order chi connectivity index (χ1) is 41.2. The number of allylic oxidation sites excluding steroid dienone is 26. The lowest BCUT2D eigenvalue weighted by Crippen LogP contribution is -2.30. The van der Waals surface area contributed by atoms with Crippen LogP contribution in [0.3, 0.4) is 0 Å². The molecule has 0 aliphatic rings. The molecule has 0 aliphatic carbocycles. The Kier molecular flexibility index (Phi) is 60.4. The van der Waals surface area contributed by atoms with Gasteiger partial charge in [-0.3, -0.25) is 23.4 Å². The van der Waals surface area contributed by atoms with E-state index < -0.39 is 64.4 Å². The lowest BCUT2D eigenvalue weighted by Gasteiger charge is -2.21. The third kappa shape index (κ3) is 61.7. The van der Waals surface area contributed by atoms with Gasteiger partial charge in [-0.2, -0.15) is 0 Å². The second-order valence-corrected chi connectivity index (χ2v) is 22.3. The van der Waals surface area contributed by atoms with Gasteiger partial charge in [-0.1, -0.05) is 256 Å². The zero-order valence-corrected chi connectivity index (χ0v) is 53.4. The van der Waals surface area contributed by atoms with Crippen LogP contribution in [0.25, 0.3) is 0 Å².